The first kappa shape index (κ1) is 14.8. The molecule has 0 aromatic heterocycles. The summed E-state index contributed by atoms with van der Waals surface area (Å²) in [5.74, 6) is 0.0498. The molecule has 1 aromatic carbocycles. The Hall–Kier alpha value is -0.290. The van der Waals surface area contributed by atoms with Crippen LogP contribution in [0.15, 0.2) is 24.3 Å². The van der Waals surface area contributed by atoms with Gasteiger partial charge < -0.3 is 0 Å². The molecule has 3 nitrogen and oxygen atoms in total. The van der Waals surface area contributed by atoms with E-state index < -0.39 is 10.0 Å². The third kappa shape index (κ3) is 4.14. The lowest BCUT2D eigenvalue weighted by atomic mass is 10.2. The normalized spacial score (nSPS) is 12.0. The molecule has 0 N–H and O–H groups in total. The van der Waals surface area contributed by atoms with Crippen molar-refractivity contribution in [3.63, 3.8) is 0 Å². The minimum Gasteiger partial charge on any atom is -0.212 e. The van der Waals surface area contributed by atoms with E-state index >= 15 is 0 Å². The number of rotatable bonds is 6. The molecular formula is C11H15Cl2NO2S. The second-order valence-corrected chi connectivity index (χ2v) is 6.40. The SMILES string of the molecule is CCN(Cc1ccccc1Cl)S(=O)(=O)CCCl. The Kier molecular flexibility index (Phi) is 5.73. The molecule has 1 rings (SSSR count). The van der Waals surface area contributed by atoms with Gasteiger partial charge >= 0.3 is 0 Å². The van der Waals surface area contributed by atoms with E-state index in [-0.39, 0.29) is 18.2 Å². The Morgan fingerprint density at radius 1 is 1.29 bits per heavy atom. The van der Waals surface area contributed by atoms with E-state index in [9.17, 15) is 8.42 Å². The number of benzene rings is 1. The molecule has 0 aliphatic heterocycles. The number of nitrogens with zero attached hydrogens (tertiary/aromatic N) is 1. The van der Waals surface area contributed by atoms with Crippen LogP contribution < -0.4 is 0 Å². The van der Waals surface area contributed by atoms with Gasteiger partial charge in [0.25, 0.3) is 0 Å². The molecule has 0 saturated carbocycles. The molecular weight excluding hydrogens is 281 g/mol. The van der Waals surface area contributed by atoms with Gasteiger partial charge in [0, 0.05) is 24.0 Å². The molecule has 0 amide bonds. The van der Waals surface area contributed by atoms with E-state index in [0.29, 0.717) is 11.6 Å². The molecule has 0 aliphatic rings. The first-order chi connectivity index (χ1) is 8.01. The van der Waals surface area contributed by atoms with E-state index in [0.717, 1.165) is 5.56 Å². The van der Waals surface area contributed by atoms with Gasteiger partial charge in [-0.3, -0.25) is 0 Å². The topological polar surface area (TPSA) is 37.4 Å². The molecule has 0 spiro atoms. The van der Waals surface area contributed by atoms with E-state index in [1.54, 1.807) is 13.0 Å². The lowest BCUT2D eigenvalue weighted by Crippen LogP contribution is -2.33. The van der Waals surface area contributed by atoms with Crippen molar-refractivity contribution in [2.45, 2.75) is 13.5 Å². The van der Waals surface area contributed by atoms with Gasteiger partial charge in [0.2, 0.25) is 10.0 Å². The van der Waals surface area contributed by atoms with E-state index in [2.05, 4.69) is 0 Å². The predicted octanol–water partition coefficient (Wildman–Crippen LogP) is 2.73. The summed E-state index contributed by atoms with van der Waals surface area (Å²) in [6.45, 7) is 2.49. The number of sulfonamides is 1. The minimum atomic E-state index is -3.29. The Bertz CT molecular complexity index is 462. The number of hydrogen-bond donors (Lipinski definition) is 0. The summed E-state index contributed by atoms with van der Waals surface area (Å²) in [5, 5.41) is 0.576. The lowest BCUT2D eigenvalue weighted by molar-refractivity contribution is 0.424. The predicted molar refractivity (Wildman–Crippen MR) is 72.0 cm³/mol. The third-order valence-electron chi connectivity index (χ3n) is 2.39. The van der Waals surface area contributed by atoms with E-state index in [1.807, 2.05) is 18.2 Å². The van der Waals surface area contributed by atoms with E-state index in [1.165, 1.54) is 4.31 Å². The number of hydrogen-bond acceptors (Lipinski definition) is 2. The number of alkyl halides is 1. The van der Waals surface area contributed by atoms with Crippen LogP contribution in [0.25, 0.3) is 0 Å². The highest BCUT2D eigenvalue weighted by atomic mass is 35.5. The van der Waals surface area contributed by atoms with Crippen molar-refractivity contribution < 1.29 is 8.42 Å². The Morgan fingerprint density at radius 3 is 2.47 bits per heavy atom. The van der Waals surface area contributed by atoms with Gasteiger partial charge in [-0.1, -0.05) is 36.7 Å². The smallest absolute Gasteiger partial charge is 0.212 e. The second kappa shape index (κ2) is 6.59. The largest absolute Gasteiger partial charge is 0.215 e. The molecule has 96 valence electrons. The summed E-state index contributed by atoms with van der Waals surface area (Å²) in [7, 11) is -3.29. The molecule has 0 fully saturated rings. The third-order valence-corrected chi connectivity index (χ3v) is 5.06. The highest BCUT2D eigenvalue weighted by molar-refractivity contribution is 7.89. The molecule has 0 aliphatic carbocycles. The molecule has 0 atom stereocenters. The fourth-order valence-electron chi connectivity index (χ4n) is 1.45. The minimum absolute atomic E-state index is 0.0488. The van der Waals surface area contributed by atoms with Crippen molar-refractivity contribution in [2.75, 3.05) is 18.2 Å². The van der Waals surface area contributed by atoms with Crippen LogP contribution in [-0.4, -0.2) is 30.9 Å². The van der Waals surface area contributed by atoms with Crippen LogP contribution in [0.3, 0.4) is 0 Å². The van der Waals surface area contributed by atoms with Gasteiger partial charge in [0.05, 0.1) is 5.75 Å². The van der Waals surface area contributed by atoms with Crippen molar-refractivity contribution in [3.05, 3.63) is 34.9 Å². The van der Waals surface area contributed by atoms with Gasteiger partial charge in [0.15, 0.2) is 0 Å². The highest BCUT2D eigenvalue weighted by Crippen LogP contribution is 2.18. The molecule has 0 heterocycles. The quantitative estimate of drug-likeness (QED) is 0.757. The summed E-state index contributed by atoms with van der Waals surface area (Å²) in [6, 6.07) is 7.22. The Labute approximate surface area is 112 Å². The molecule has 17 heavy (non-hydrogen) atoms. The van der Waals surface area contributed by atoms with Crippen molar-refractivity contribution in [3.8, 4) is 0 Å². The summed E-state index contributed by atoms with van der Waals surface area (Å²) in [4.78, 5) is 0. The summed E-state index contributed by atoms with van der Waals surface area (Å²) in [5.41, 5.74) is 0.800. The van der Waals surface area contributed by atoms with Crippen LogP contribution in [0.4, 0.5) is 0 Å². The Balaban J connectivity index is 2.88. The molecule has 6 heteroatoms. The van der Waals surface area contributed by atoms with Crippen molar-refractivity contribution in [2.24, 2.45) is 0 Å². The molecule has 1 aromatic rings. The van der Waals surface area contributed by atoms with E-state index in [4.69, 9.17) is 23.2 Å². The van der Waals surface area contributed by atoms with Gasteiger partial charge in [-0.05, 0) is 11.6 Å². The average Bonchev–Trinajstić information content (AvgIpc) is 2.27. The van der Waals surface area contributed by atoms with Crippen LogP contribution in [-0.2, 0) is 16.6 Å². The maximum Gasteiger partial charge on any atom is 0.215 e. The highest BCUT2D eigenvalue weighted by Gasteiger charge is 2.20. The van der Waals surface area contributed by atoms with Crippen LogP contribution in [0, 0.1) is 0 Å². The summed E-state index contributed by atoms with van der Waals surface area (Å²) in [6.07, 6.45) is 0. The maximum absolute atomic E-state index is 11.9. The zero-order chi connectivity index (χ0) is 12.9. The molecule has 0 bridgehead atoms. The van der Waals surface area contributed by atoms with Crippen molar-refractivity contribution >= 4 is 33.2 Å². The summed E-state index contributed by atoms with van der Waals surface area (Å²) < 4.78 is 25.1. The van der Waals surface area contributed by atoms with Crippen LogP contribution in [0.1, 0.15) is 12.5 Å². The van der Waals surface area contributed by atoms with Crippen LogP contribution >= 0.6 is 23.2 Å². The van der Waals surface area contributed by atoms with Gasteiger partial charge in [-0.15, -0.1) is 11.6 Å². The first-order valence-electron chi connectivity index (χ1n) is 5.28. The summed E-state index contributed by atoms with van der Waals surface area (Å²) >= 11 is 11.5. The zero-order valence-electron chi connectivity index (χ0n) is 9.57. The van der Waals surface area contributed by atoms with Crippen molar-refractivity contribution in [1.82, 2.24) is 4.31 Å². The second-order valence-electron chi connectivity index (χ2n) is 3.52. The molecule has 0 saturated heterocycles. The van der Waals surface area contributed by atoms with Crippen molar-refractivity contribution in [1.29, 1.82) is 0 Å². The van der Waals surface area contributed by atoms with Gasteiger partial charge in [-0.2, -0.15) is 4.31 Å². The first-order valence-corrected chi connectivity index (χ1v) is 7.80. The van der Waals surface area contributed by atoms with Crippen LogP contribution in [0.5, 0.6) is 0 Å². The monoisotopic (exact) mass is 295 g/mol. The Morgan fingerprint density at radius 2 is 1.94 bits per heavy atom. The average molecular weight is 296 g/mol. The lowest BCUT2D eigenvalue weighted by Gasteiger charge is -2.20. The fraction of sp³-hybridized carbons (Fsp3) is 0.455. The van der Waals surface area contributed by atoms with Crippen LogP contribution in [0.2, 0.25) is 5.02 Å². The zero-order valence-corrected chi connectivity index (χ0v) is 11.9. The standard InChI is InChI=1S/C11H15Cl2NO2S/c1-2-14(17(15,16)8-7-12)9-10-5-3-4-6-11(10)13/h3-6H,2,7-9H2,1H3. The molecule has 0 radical (unpaired) electrons. The molecule has 0 unspecified atom stereocenters. The van der Waals surface area contributed by atoms with Gasteiger partial charge in [-0.25, -0.2) is 8.42 Å². The number of halogens is 2. The fourth-order valence-corrected chi connectivity index (χ4v) is 3.41. The maximum atomic E-state index is 11.9. The van der Waals surface area contributed by atoms with Gasteiger partial charge in [0.1, 0.15) is 0 Å².